The Hall–Kier alpha value is -3.24. The lowest BCUT2D eigenvalue weighted by Gasteiger charge is -2.03. The first kappa shape index (κ1) is 21.8. The molecular formula is C16H23N5O6. The number of hydrogen-bond acceptors (Lipinski definition) is 6. The zero-order valence-electron chi connectivity index (χ0n) is 15.7. The zero-order valence-corrected chi connectivity index (χ0v) is 15.7. The van der Waals surface area contributed by atoms with Crippen LogP contribution in [0.15, 0.2) is 25.2 Å². The Balaban J connectivity index is 0.000000277. The van der Waals surface area contributed by atoms with E-state index in [2.05, 4.69) is 9.97 Å². The number of rotatable bonds is 5. The maximum absolute atomic E-state index is 11.5. The van der Waals surface area contributed by atoms with Gasteiger partial charge in [0.1, 0.15) is 5.69 Å². The highest BCUT2D eigenvalue weighted by atomic mass is 16.6. The molecule has 0 saturated heterocycles. The Morgan fingerprint density at radius 1 is 0.963 bits per heavy atom. The molecule has 0 aliphatic heterocycles. The van der Waals surface area contributed by atoms with E-state index in [-0.39, 0.29) is 23.5 Å². The van der Waals surface area contributed by atoms with Gasteiger partial charge in [0.2, 0.25) is 0 Å². The highest BCUT2D eigenvalue weighted by molar-refractivity contribution is 5.30. The van der Waals surface area contributed by atoms with Crippen molar-refractivity contribution in [2.75, 3.05) is 0 Å². The van der Waals surface area contributed by atoms with Crippen LogP contribution in [0.3, 0.4) is 0 Å². The predicted octanol–water partition coefficient (Wildman–Crippen LogP) is 0.418. The maximum atomic E-state index is 11.5. The summed E-state index contributed by atoms with van der Waals surface area (Å²) in [6, 6.07) is 1.43. The Morgan fingerprint density at radius 2 is 1.48 bits per heavy atom. The van der Waals surface area contributed by atoms with Crippen molar-refractivity contribution in [2.45, 2.75) is 53.6 Å². The molecule has 0 atom stereocenters. The van der Waals surface area contributed by atoms with Crippen molar-refractivity contribution in [3.05, 3.63) is 69.2 Å². The monoisotopic (exact) mass is 381 g/mol. The van der Waals surface area contributed by atoms with Crippen LogP contribution in [0.4, 0.5) is 5.69 Å². The van der Waals surface area contributed by atoms with Crippen LogP contribution in [-0.2, 0) is 13.1 Å². The second-order valence-corrected chi connectivity index (χ2v) is 5.87. The number of aryl methyl sites for hydroxylation is 2. The van der Waals surface area contributed by atoms with Gasteiger partial charge in [-0.3, -0.25) is 28.8 Å². The van der Waals surface area contributed by atoms with Crippen molar-refractivity contribution < 1.29 is 4.92 Å². The van der Waals surface area contributed by atoms with Crippen molar-refractivity contribution in [2.24, 2.45) is 0 Å². The first-order valence-electron chi connectivity index (χ1n) is 8.42. The SMILES string of the molecule is CCCn1c(=O)[nH]c(C)c([N+](=O)[O-])c1=O.CCCn1c(=O)cc(C)[nH]c1=O. The molecule has 27 heavy (non-hydrogen) atoms. The molecule has 0 fully saturated rings. The lowest BCUT2D eigenvalue weighted by atomic mass is 10.3. The van der Waals surface area contributed by atoms with Crippen molar-refractivity contribution in [3.8, 4) is 0 Å². The summed E-state index contributed by atoms with van der Waals surface area (Å²) in [5, 5.41) is 10.6. The van der Waals surface area contributed by atoms with Crippen LogP contribution < -0.4 is 22.5 Å². The molecule has 2 N–H and O–H groups in total. The number of aromatic nitrogens is 4. The smallest absolute Gasteiger partial charge is 0.311 e. The molecule has 0 unspecified atom stereocenters. The van der Waals surface area contributed by atoms with Gasteiger partial charge in [0.15, 0.2) is 0 Å². The molecular weight excluding hydrogens is 358 g/mol. The third-order valence-corrected chi connectivity index (χ3v) is 3.57. The molecule has 0 spiro atoms. The predicted molar refractivity (Wildman–Crippen MR) is 99.4 cm³/mol. The maximum Gasteiger partial charge on any atom is 0.353 e. The van der Waals surface area contributed by atoms with Crippen LogP contribution in [0, 0.1) is 24.0 Å². The summed E-state index contributed by atoms with van der Waals surface area (Å²) in [6.45, 7) is 7.38. The summed E-state index contributed by atoms with van der Waals surface area (Å²) in [5.74, 6) is 0. The van der Waals surface area contributed by atoms with E-state index in [4.69, 9.17) is 0 Å². The van der Waals surface area contributed by atoms with Crippen LogP contribution in [0.25, 0.3) is 0 Å². The third-order valence-electron chi connectivity index (χ3n) is 3.57. The average molecular weight is 381 g/mol. The number of nitro groups is 1. The quantitative estimate of drug-likeness (QED) is 0.565. The van der Waals surface area contributed by atoms with Gasteiger partial charge in [-0.15, -0.1) is 0 Å². The van der Waals surface area contributed by atoms with Crippen molar-refractivity contribution in [1.29, 1.82) is 0 Å². The molecule has 148 valence electrons. The summed E-state index contributed by atoms with van der Waals surface area (Å²) in [5.41, 5.74) is -1.96. The second kappa shape index (κ2) is 9.46. The molecule has 0 radical (unpaired) electrons. The number of H-pyrrole nitrogens is 2. The van der Waals surface area contributed by atoms with E-state index in [1.165, 1.54) is 17.6 Å². The van der Waals surface area contributed by atoms with Crippen LogP contribution >= 0.6 is 0 Å². The van der Waals surface area contributed by atoms with Gasteiger partial charge in [-0.2, -0.15) is 0 Å². The van der Waals surface area contributed by atoms with E-state index in [9.17, 15) is 29.3 Å². The molecule has 2 heterocycles. The summed E-state index contributed by atoms with van der Waals surface area (Å²) >= 11 is 0. The number of aromatic amines is 2. The number of nitrogens with one attached hydrogen (secondary N) is 2. The Morgan fingerprint density at radius 3 is 1.96 bits per heavy atom. The van der Waals surface area contributed by atoms with E-state index in [1.807, 2.05) is 6.92 Å². The molecule has 0 amide bonds. The van der Waals surface area contributed by atoms with Crippen molar-refractivity contribution >= 4 is 5.69 Å². The van der Waals surface area contributed by atoms with Gasteiger partial charge in [-0.25, -0.2) is 9.59 Å². The molecule has 0 saturated carbocycles. The van der Waals surface area contributed by atoms with Gasteiger partial charge >= 0.3 is 22.6 Å². The largest absolute Gasteiger partial charge is 0.353 e. The fourth-order valence-electron chi connectivity index (χ4n) is 2.38. The molecule has 0 aliphatic rings. The number of nitrogens with zero attached hydrogens (tertiary/aromatic N) is 3. The Labute approximate surface area is 153 Å². The van der Waals surface area contributed by atoms with E-state index in [0.29, 0.717) is 18.7 Å². The van der Waals surface area contributed by atoms with Gasteiger partial charge in [-0.05, 0) is 26.7 Å². The van der Waals surface area contributed by atoms with Crippen LogP contribution in [0.2, 0.25) is 0 Å². The minimum Gasteiger partial charge on any atom is -0.311 e. The lowest BCUT2D eigenvalue weighted by Crippen LogP contribution is -2.37. The fraction of sp³-hybridized carbons (Fsp3) is 0.500. The van der Waals surface area contributed by atoms with Crippen LogP contribution in [-0.4, -0.2) is 24.0 Å². The van der Waals surface area contributed by atoms with Crippen LogP contribution in [0.5, 0.6) is 0 Å². The lowest BCUT2D eigenvalue weighted by molar-refractivity contribution is -0.387. The molecule has 0 bridgehead atoms. The molecule has 0 aromatic carbocycles. The zero-order chi connectivity index (χ0) is 20.7. The first-order chi connectivity index (χ1) is 12.6. The first-order valence-corrected chi connectivity index (χ1v) is 8.42. The number of hydrogen-bond donors (Lipinski definition) is 2. The molecule has 2 rings (SSSR count). The Kier molecular flexibility index (Phi) is 7.64. The normalized spacial score (nSPS) is 10.2. The highest BCUT2D eigenvalue weighted by Gasteiger charge is 2.20. The Bertz CT molecular complexity index is 1010. The van der Waals surface area contributed by atoms with Gasteiger partial charge < -0.3 is 9.97 Å². The third kappa shape index (κ3) is 5.36. The standard InChI is InChI=1S/C8H11N3O4.C8H12N2O2/c1-3-4-10-7(12)6(11(14)15)5(2)9-8(10)13;1-3-4-10-7(11)5-6(2)9-8(10)12/h3-4H2,1-2H3,(H,9,13);5H,3-4H2,1-2H3,(H,9,12). The summed E-state index contributed by atoms with van der Waals surface area (Å²) in [7, 11) is 0. The van der Waals surface area contributed by atoms with E-state index in [0.717, 1.165) is 11.0 Å². The topological polar surface area (TPSA) is 153 Å². The minimum absolute atomic E-state index is 0.0117. The van der Waals surface area contributed by atoms with Crippen LogP contribution in [0.1, 0.15) is 38.1 Å². The minimum atomic E-state index is -0.844. The second-order valence-electron chi connectivity index (χ2n) is 5.87. The van der Waals surface area contributed by atoms with E-state index < -0.39 is 21.9 Å². The van der Waals surface area contributed by atoms with Gasteiger partial charge in [-0.1, -0.05) is 13.8 Å². The van der Waals surface area contributed by atoms with E-state index >= 15 is 0 Å². The molecule has 0 aliphatic carbocycles. The highest BCUT2D eigenvalue weighted by Crippen LogP contribution is 2.05. The van der Waals surface area contributed by atoms with Gasteiger partial charge in [0.05, 0.1) is 4.92 Å². The van der Waals surface area contributed by atoms with Crippen molar-refractivity contribution in [1.82, 2.24) is 19.1 Å². The molecule has 2 aromatic rings. The molecule has 2 aromatic heterocycles. The average Bonchev–Trinajstić information content (AvgIpc) is 2.54. The summed E-state index contributed by atoms with van der Waals surface area (Å²) in [4.78, 5) is 59.9. The summed E-state index contributed by atoms with van der Waals surface area (Å²) < 4.78 is 2.04. The van der Waals surface area contributed by atoms with E-state index in [1.54, 1.807) is 13.8 Å². The van der Waals surface area contributed by atoms with Gasteiger partial charge in [0, 0.05) is 24.8 Å². The summed E-state index contributed by atoms with van der Waals surface area (Å²) in [6.07, 6.45) is 1.34. The van der Waals surface area contributed by atoms with Gasteiger partial charge in [0.25, 0.3) is 5.56 Å². The van der Waals surface area contributed by atoms with Crippen molar-refractivity contribution in [3.63, 3.8) is 0 Å². The molecule has 11 heteroatoms. The fourth-order valence-corrected chi connectivity index (χ4v) is 2.38. The molecule has 11 nitrogen and oxygen atoms in total.